The van der Waals surface area contributed by atoms with Crippen LogP contribution in [0.15, 0.2) is 34.9 Å². The fourth-order valence-electron chi connectivity index (χ4n) is 3.05. The van der Waals surface area contributed by atoms with Gasteiger partial charge in [-0.25, -0.2) is 0 Å². The Morgan fingerprint density at radius 2 is 2.04 bits per heavy atom. The highest BCUT2D eigenvalue weighted by Crippen LogP contribution is 2.24. The highest BCUT2D eigenvalue weighted by molar-refractivity contribution is 5.78. The van der Waals surface area contributed by atoms with E-state index in [1.165, 1.54) is 25.7 Å². The third-order valence-corrected chi connectivity index (χ3v) is 4.45. The average Bonchev–Trinajstić information content (AvgIpc) is 2.97. The van der Waals surface area contributed by atoms with Crippen LogP contribution < -0.4 is 10.1 Å². The van der Waals surface area contributed by atoms with Crippen LogP contribution in [0.5, 0.6) is 5.75 Å². The van der Waals surface area contributed by atoms with E-state index in [0.717, 1.165) is 24.4 Å². The second-order valence-corrected chi connectivity index (χ2v) is 6.38. The number of carbonyl (C=O) groups is 1. The van der Waals surface area contributed by atoms with E-state index in [-0.39, 0.29) is 5.91 Å². The Morgan fingerprint density at radius 3 is 2.80 bits per heavy atom. The molecule has 0 atom stereocenters. The van der Waals surface area contributed by atoms with Gasteiger partial charge in [0.25, 0.3) is 0 Å². The monoisotopic (exact) mass is 343 g/mol. The fraction of sp³-hybridized carbons (Fsp3) is 0.474. The molecule has 1 amide bonds. The molecule has 0 saturated carbocycles. The number of nitrogens with one attached hydrogen (secondary N) is 1. The number of aromatic nitrogens is 1. The average molecular weight is 343 g/mol. The molecule has 2 heterocycles. The maximum absolute atomic E-state index is 12.1. The van der Waals surface area contributed by atoms with Gasteiger partial charge in [-0.15, -0.1) is 0 Å². The number of ether oxygens (including phenoxy) is 1. The third-order valence-electron chi connectivity index (χ3n) is 4.45. The molecule has 2 aromatic rings. The van der Waals surface area contributed by atoms with Crippen molar-refractivity contribution in [2.24, 2.45) is 0 Å². The highest BCUT2D eigenvalue weighted by atomic mass is 16.5. The second kappa shape index (κ2) is 8.67. The largest absolute Gasteiger partial charge is 0.497 e. The summed E-state index contributed by atoms with van der Waals surface area (Å²) in [6, 6.07) is 9.46. The van der Waals surface area contributed by atoms with E-state index in [0.29, 0.717) is 24.5 Å². The van der Waals surface area contributed by atoms with Crippen molar-refractivity contribution in [1.82, 2.24) is 15.4 Å². The number of methoxy groups -OCH3 is 1. The summed E-state index contributed by atoms with van der Waals surface area (Å²) >= 11 is 0. The molecule has 25 heavy (non-hydrogen) atoms. The molecule has 0 unspecified atom stereocenters. The first kappa shape index (κ1) is 17.5. The number of rotatable bonds is 6. The van der Waals surface area contributed by atoms with Crippen LogP contribution in [0.25, 0.3) is 11.3 Å². The first-order valence-corrected chi connectivity index (χ1v) is 8.83. The second-order valence-electron chi connectivity index (χ2n) is 6.38. The molecule has 1 N–H and O–H groups in total. The minimum absolute atomic E-state index is 0.0350. The van der Waals surface area contributed by atoms with E-state index in [1.807, 2.05) is 30.3 Å². The zero-order chi connectivity index (χ0) is 17.5. The summed E-state index contributed by atoms with van der Waals surface area (Å²) in [5.41, 5.74) is 1.61. The molecule has 1 aliphatic rings. The number of hydrogen-bond acceptors (Lipinski definition) is 5. The molecule has 0 radical (unpaired) electrons. The normalized spacial score (nSPS) is 15.6. The molecular weight excluding hydrogens is 318 g/mol. The lowest BCUT2D eigenvalue weighted by molar-refractivity contribution is -0.122. The Balaban J connectivity index is 1.51. The van der Waals surface area contributed by atoms with Crippen LogP contribution in [-0.4, -0.2) is 42.7 Å². The van der Waals surface area contributed by atoms with Crippen LogP contribution in [0.4, 0.5) is 0 Å². The summed E-state index contributed by atoms with van der Waals surface area (Å²) in [6.45, 7) is 2.86. The number of likely N-dealkylation sites (tertiary alicyclic amines) is 1. The van der Waals surface area contributed by atoms with E-state index in [2.05, 4.69) is 15.4 Å². The van der Waals surface area contributed by atoms with Gasteiger partial charge in [-0.2, -0.15) is 0 Å². The number of carbonyl (C=O) groups excluding carboxylic acids is 1. The molecule has 1 saturated heterocycles. The van der Waals surface area contributed by atoms with E-state index in [4.69, 9.17) is 9.26 Å². The molecule has 1 aromatic heterocycles. The molecule has 1 aromatic carbocycles. The Hall–Kier alpha value is -2.34. The zero-order valence-corrected chi connectivity index (χ0v) is 14.7. The van der Waals surface area contributed by atoms with Gasteiger partial charge in [0, 0.05) is 11.6 Å². The molecule has 0 aliphatic carbocycles. The molecule has 134 valence electrons. The zero-order valence-electron chi connectivity index (χ0n) is 14.7. The van der Waals surface area contributed by atoms with E-state index >= 15 is 0 Å². The van der Waals surface area contributed by atoms with Gasteiger partial charge in [0.2, 0.25) is 5.91 Å². The van der Waals surface area contributed by atoms with Gasteiger partial charge in [-0.05, 0) is 38.1 Å². The molecule has 1 aliphatic heterocycles. The van der Waals surface area contributed by atoms with Crippen molar-refractivity contribution in [2.45, 2.75) is 32.2 Å². The molecule has 0 bridgehead atoms. The number of amides is 1. The van der Waals surface area contributed by atoms with Crippen LogP contribution in [0.3, 0.4) is 0 Å². The van der Waals surface area contributed by atoms with E-state index < -0.39 is 0 Å². The Morgan fingerprint density at radius 1 is 1.24 bits per heavy atom. The lowest BCUT2D eigenvalue weighted by Gasteiger charge is -2.18. The minimum Gasteiger partial charge on any atom is -0.497 e. The van der Waals surface area contributed by atoms with Crippen molar-refractivity contribution in [2.75, 3.05) is 26.7 Å². The summed E-state index contributed by atoms with van der Waals surface area (Å²) in [6.07, 6.45) is 4.90. The van der Waals surface area contributed by atoms with Crippen molar-refractivity contribution in [3.8, 4) is 17.1 Å². The summed E-state index contributed by atoms with van der Waals surface area (Å²) in [4.78, 5) is 14.4. The van der Waals surface area contributed by atoms with E-state index in [9.17, 15) is 4.79 Å². The molecule has 6 heteroatoms. The van der Waals surface area contributed by atoms with Crippen molar-refractivity contribution in [1.29, 1.82) is 0 Å². The Kier molecular flexibility index (Phi) is 6.06. The quantitative estimate of drug-likeness (QED) is 0.873. The lowest BCUT2D eigenvalue weighted by Crippen LogP contribution is -2.37. The van der Waals surface area contributed by atoms with Crippen LogP contribution in [0.2, 0.25) is 0 Å². The maximum atomic E-state index is 12.1. The van der Waals surface area contributed by atoms with Gasteiger partial charge in [-0.1, -0.05) is 30.1 Å². The summed E-state index contributed by atoms with van der Waals surface area (Å²) in [5.74, 6) is 1.46. The van der Waals surface area contributed by atoms with Gasteiger partial charge in [0.05, 0.1) is 20.2 Å². The number of nitrogens with zero attached hydrogens (tertiary/aromatic N) is 2. The Labute approximate surface area is 148 Å². The smallest absolute Gasteiger partial charge is 0.234 e. The molecule has 1 fully saturated rings. The topological polar surface area (TPSA) is 67.6 Å². The van der Waals surface area contributed by atoms with Crippen LogP contribution >= 0.6 is 0 Å². The van der Waals surface area contributed by atoms with Gasteiger partial charge >= 0.3 is 0 Å². The standard InChI is InChI=1S/C19H25N3O3/c1-24-17-8-6-7-15(11-17)18-12-16(21-25-18)13-20-19(23)14-22-9-4-2-3-5-10-22/h6-8,11-12H,2-5,9-10,13-14H2,1H3,(H,20,23). The minimum atomic E-state index is 0.0350. The third kappa shape index (κ3) is 5.06. The van der Waals surface area contributed by atoms with Crippen molar-refractivity contribution < 1.29 is 14.1 Å². The predicted molar refractivity (Wildman–Crippen MR) is 95.2 cm³/mol. The van der Waals surface area contributed by atoms with Crippen molar-refractivity contribution in [3.05, 3.63) is 36.0 Å². The van der Waals surface area contributed by atoms with E-state index in [1.54, 1.807) is 7.11 Å². The molecular formula is C19H25N3O3. The highest BCUT2D eigenvalue weighted by Gasteiger charge is 2.14. The molecule has 0 spiro atoms. The van der Waals surface area contributed by atoms with Crippen LogP contribution in [-0.2, 0) is 11.3 Å². The van der Waals surface area contributed by atoms with Gasteiger partial charge in [0.15, 0.2) is 5.76 Å². The van der Waals surface area contributed by atoms with Gasteiger partial charge in [0.1, 0.15) is 11.4 Å². The maximum Gasteiger partial charge on any atom is 0.234 e. The first-order chi connectivity index (χ1) is 12.2. The number of benzene rings is 1. The van der Waals surface area contributed by atoms with Crippen molar-refractivity contribution >= 4 is 5.91 Å². The SMILES string of the molecule is COc1cccc(-c2cc(CNC(=O)CN3CCCCCC3)no2)c1. The summed E-state index contributed by atoms with van der Waals surface area (Å²) in [5, 5.41) is 6.96. The van der Waals surface area contributed by atoms with Gasteiger partial charge < -0.3 is 14.6 Å². The van der Waals surface area contributed by atoms with Crippen LogP contribution in [0.1, 0.15) is 31.4 Å². The van der Waals surface area contributed by atoms with Crippen molar-refractivity contribution in [3.63, 3.8) is 0 Å². The fourth-order valence-corrected chi connectivity index (χ4v) is 3.05. The summed E-state index contributed by atoms with van der Waals surface area (Å²) < 4.78 is 10.6. The van der Waals surface area contributed by atoms with Crippen LogP contribution in [0, 0.1) is 0 Å². The number of hydrogen-bond donors (Lipinski definition) is 1. The van der Waals surface area contributed by atoms with Gasteiger partial charge in [-0.3, -0.25) is 9.69 Å². The Bertz CT molecular complexity index is 691. The molecule has 6 nitrogen and oxygen atoms in total. The predicted octanol–water partition coefficient (Wildman–Crippen LogP) is 2.84. The summed E-state index contributed by atoms with van der Waals surface area (Å²) in [7, 11) is 1.63. The first-order valence-electron chi connectivity index (χ1n) is 8.83. The lowest BCUT2D eigenvalue weighted by atomic mass is 10.1. The molecule has 3 rings (SSSR count).